The molecule has 1 saturated heterocycles. The number of carbonyl (C=O) groups is 1. The van der Waals surface area contributed by atoms with Gasteiger partial charge in [0.15, 0.2) is 0 Å². The van der Waals surface area contributed by atoms with Crippen LogP contribution in [0.2, 0.25) is 0 Å². The molecule has 7 nitrogen and oxygen atoms in total. The highest BCUT2D eigenvalue weighted by molar-refractivity contribution is 5.92. The van der Waals surface area contributed by atoms with Crippen molar-refractivity contribution < 1.29 is 18.0 Å². The zero-order chi connectivity index (χ0) is 26.5. The Balaban J connectivity index is 1.26. The molecule has 1 fully saturated rings. The highest BCUT2D eigenvalue weighted by Crippen LogP contribution is 2.34. The lowest BCUT2D eigenvalue weighted by molar-refractivity contribution is -0.138. The van der Waals surface area contributed by atoms with Crippen molar-refractivity contribution in [3.8, 4) is 11.8 Å². The summed E-state index contributed by atoms with van der Waals surface area (Å²) in [6.07, 6.45) is 0.398. The molecule has 0 unspecified atom stereocenters. The number of piperazine rings is 1. The number of fused-ring (bicyclic) bond motifs is 1. The zero-order valence-corrected chi connectivity index (χ0v) is 20.4. The molecule has 4 heterocycles. The van der Waals surface area contributed by atoms with Crippen LogP contribution in [0.25, 0.3) is 11.0 Å². The Morgan fingerprint density at radius 3 is 2.66 bits per heavy atom. The third-order valence-corrected chi connectivity index (χ3v) is 6.21. The molecule has 1 aromatic carbocycles. The summed E-state index contributed by atoms with van der Waals surface area (Å²) in [6.45, 7) is 3.07. The molecule has 10 heteroatoms. The van der Waals surface area contributed by atoms with Crippen molar-refractivity contribution in [1.29, 1.82) is 0 Å². The monoisotopic (exact) mass is 518 g/mol. The first kappa shape index (κ1) is 25.4. The molecule has 0 aliphatic carbocycles. The SMILES string of the molecule is O=C(Cc1cc(C#Cc2cnc3[nH]ccc3c2)ccn1)Nc1ccc(CN2CCNCC2)c(C(F)(F)F)c1. The maximum Gasteiger partial charge on any atom is 0.416 e. The molecule has 5 rings (SSSR count). The van der Waals surface area contributed by atoms with E-state index in [9.17, 15) is 18.0 Å². The molecule has 1 aliphatic rings. The van der Waals surface area contributed by atoms with E-state index in [1.165, 1.54) is 12.1 Å². The van der Waals surface area contributed by atoms with Gasteiger partial charge in [-0.15, -0.1) is 0 Å². The molecular weight excluding hydrogens is 493 g/mol. The quantitative estimate of drug-likeness (QED) is 0.348. The number of halogens is 3. The Labute approximate surface area is 217 Å². The van der Waals surface area contributed by atoms with E-state index in [2.05, 4.69) is 37.4 Å². The molecule has 1 aliphatic heterocycles. The number of hydrogen-bond donors (Lipinski definition) is 3. The average molecular weight is 519 g/mol. The Morgan fingerprint density at radius 2 is 1.84 bits per heavy atom. The molecule has 38 heavy (non-hydrogen) atoms. The molecule has 3 aromatic heterocycles. The number of benzene rings is 1. The second kappa shape index (κ2) is 11.0. The van der Waals surface area contributed by atoms with Crippen molar-refractivity contribution in [2.75, 3.05) is 31.5 Å². The van der Waals surface area contributed by atoms with Gasteiger partial charge in [0.05, 0.1) is 17.7 Å². The number of hydrogen-bond acceptors (Lipinski definition) is 5. The largest absolute Gasteiger partial charge is 0.416 e. The molecule has 0 spiro atoms. The van der Waals surface area contributed by atoms with Crippen LogP contribution in [0.3, 0.4) is 0 Å². The minimum atomic E-state index is -4.53. The lowest BCUT2D eigenvalue weighted by atomic mass is 10.0. The highest BCUT2D eigenvalue weighted by atomic mass is 19.4. The summed E-state index contributed by atoms with van der Waals surface area (Å²) >= 11 is 0. The fourth-order valence-electron chi connectivity index (χ4n) is 4.34. The minimum Gasteiger partial charge on any atom is -0.346 e. The van der Waals surface area contributed by atoms with E-state index in [0.29, 0.717) is 24.3 Å². The molecule has 0 bridgehead atoms. The Bertz CT molecular complexity index is 1510. The van der Waals surface area contributed by atoms with Gasteiger partial charge in [-0.2, -0.15) is 13.2 Å². The normalized spacial score (nSPS) is 14.2. The van der Waals surface area contributed by atoms with E-state index in [0.717, 1.165) is 35.8 Å². The highest BCUT2D eigenvalue weighted by Gasteiger charge is 2.34. The van der Waals surface area contributed by atoms with E-state index >= 15 is 0 Å². The summed E-state index contributed by atoms with van der Waals surface area (Å²) in [5.74, 6) is 5.62. The number of carbonyl (C=O) groups excluding carboxylic acids is 1. The Morgan fingerprint density at radius 1 is 1.03 bits per heavy atom. The van der Waals surface area contributed by atoms with Crippen LogP contribution in [-0.4, -0.2) is 51.9 Å². The van der Waals surface area contributed by atoms with Crippen molar-refractivity contribution in [3.63, 3.8) is 0 Å². The standard InChI is InChI=1S/C28H25F3N6O/c29-28(30,31)25-15-23(4-3-22(25)18-37-11-9-32-10-12-37)36-26(38)16-24-14-19(5-7-33-24)1-2-20-13-21-6-8-34-27(21)35-17-20/h3-8,13-15,17,32H,9-12,16,18H2,(H,34,35)(H,36,38). The van der Waals surface area contributed by atoms with Crippen molar-refractivity contribution >= 4 is 22.6 Å². The van der Waals surface area contributed by atoms with Crippen LogP contribution < -0.4 is 10.6 Å². The molecule has 194 valence electrons. The number of nitrogens with zero attached hydrogens (tertiary/aromatic N) is 3. The van der Waals surface area contributed by atoms with E-state index in [-0.39, 0.29) is 24.2 Å². The van der Waals surface area contributed by atoms with E-state index in [4.69, 9.17) is 0 Å². The van der Waals surface area contributed by atoms with Gasteiger partial charge in [-0.25, -0.2) is 4.98 Å². The molecular formula is C28H25F3N6O. The third kappa shape index (κ3) is 6.37. The predicted molar refractivity (Wildman–Crippen MR) is 138 cm³/mol. The van der Waals surface area contributed by atoms with Crippen LogP contribution in [0.15, 0.2) is 61.1 Å². The summed E-state index contributed by atoms with van der Waals surface area (Å²) in [4.78, 5) is 26.2. The van der Waals surface area contributed by atoms with Crippen LogP contribution >= 0.6 is 0 Å². The molecule has 1 amide bonds. The first-order valence-corrected chi connectivity index (χ1v) is 12.2. The van der Waals surface area contributed by atoms with Gasteiger partial charge < -0.3 is 15.6 Å². The lowest BCUT2D eigenvalue weighted by Crippen LogP contribution is -2.43. The Hall–Kier alpha value is -4.20. The van der Waals surface area contributed by atoms with Gasteiger partial charge in [0.1, 0.15) is 5.65 Å². The predicted octanol–water partition coefficient (Wildman–Crippen LogP) is 3.96. The maximum absolute atomic E-state index is 13.8. The number of nitrogens with one attached hydrogen (secondary N) is 3. The first-order valence-electron chi connectivity index (χ1n) is 12.2. The van der Waals surface area contributed by atoms with Crippen LogP contribution in [0.1, 0.15) is 27.9 Å². The first-order chi connectivity index (χ1) is 18.3. The molecule has 0 atom stereocenters. The van der Waals surface area contributed by atoms with Crippen LogP contribution in [-0.2, 0) is 23.9 Å². The van der Waals surface area contributed by atoms with Gasteiger partial charge in [-0.05, 0) is 42.0 Å². The number of aromatic amines is 1. The molecule has 3 N–H and O–H groups in total. The van der Waals surface area contributed by atoms with E-state index in [1.54, 1.807) is 30.7 Å². The number of H-pyrrole nitrogens is 1. The molecule has 4 aromatic rings. The lowest BCUT2D eigenvalue weighted by Gasteiger charge is -2.28. The Kier molecular flexibility index (Phi) is 7.40. The maximum atomic E-state index is 13.8. The minimum absolute atomic E-state index is 0.0926. The summed E-state index contributed by atoms with van der Waals surface area (Å²) < 4.78 is 41.4. The fraction of sp³-hybridized carbons (Fsp3) is 0.250. The van der Waals surface area contributed by atoms with Gasteiger partial charge >= 0.3 is 6.18 Å². The van der Waals surface area contributed by atoms with Crippen molar-refractivity contribution in [3.05, 3.63) is 89.0 Å². The number of alkyl halides is 3. The summed E-state index contributed by atoms with van der Waals surface area (Å²) in [5.41, 5.74) is 2.19. The zero-order valence-electron chi connectivity index (χ0n) is 20.4. The van der Waals surface area contributed by atoms with Gasteiger partial charge in [0, 0.05) is 73.5 Å². The van der Waals surface area contributed by atoms with Crippen LogP contribution in [0.5, 0.6) is 0 Å². The fourth-order valence-corrected chi connectivity index (χ4v) is 4.34. The number of pyridine rings is 2. The average Bonchev–Trinajstić information content (AvgIpc) is 3.37. The number of anilines is 1. The van der Waals surface area contributed by atoms with Crippen molar-refractivity contribution in [1.82, 2.24) is 25.2 Å². The van der Waals surface area contributed by atoms with Crippen molar-refractivity contribution in [2.45, 2.75) is 19.1 Å². The third-order valence-electron chi connectivity index (χ3n) is 6.21. The topological polar surface area (TPSA) is 85.9 Å². The van der Waals surface area contributed by atoms with Crippen LogP contribution in [0.4, 0.5) is 18.9 Å². The second-order valence-corrected chi connectivity index (χ2v) is 9.05. The molecule has 0 saturated carbocycles. The summed E-state index contributed by atoms with van der Waals surface area (Å²) in [6, 6.07) is 11.2. The van der Waals surface area contributed by atoms with E-state index in [1.807, 2.05) is 17.0 Å². The van der Waals surface area contributed by atoms with Crippen molar-refractivity contribution in [2.24, 2.45) is 0 Å². The number of amides is 1. The van der Waals surface area contributed by atoms with Gasteiger partial charge in [0.2, 0.25) is 5.91 Å². The summed E-state index contributed by atoms with van der Waals surface area (Å²) in [5, 5.41) is 6.72. The number of aromatic nitrogens is 3. The van der Waals surface area contributed by atoms with Crippen LogP contribution in [0, 0.1) is 11.8 Å². The second-order valence-electron chi connectivity index (χ2n) is 9.05. The summed E-state index contributed by atoms with van der Waals surface area (Å²) in [7, 11) is 0. The number of rotatable bonds is 5. The van der Waals surface area contributed by atoms with Gasteiger partial charge in [0.25, 0.3) is 0 Å². The van der Waals surface area contributed by atoms with Gasteiger partial charge in [-0.1, -0.05) is 17.9 Å². The smallest absolute Gasteiger partial charge is 0.346 e. The molecule has 0 radical (unpaired) electrons. The van der Waals surface area contributed by atoms with E-state index < -0.39 is 17.6 Å². The van der Waals surface area contributed by atoms with Gasteiger partial charge in [-0.3, -0.25) is 14.7 Å².